The van der Waals surface area contributed by atoms with E-state index in [2.05, 4.69) is 11.6 Å². The van der Waals surface area contributed by atoms with Gasteiger partial charge in [0.15, 0.2) is 0 Å². The summed E-state index contributed by atoms with van der Waals surface area (Å²) in [6, 6.07) is 5.43. The molecule has 0 atom stereocenters. The molecule has 0 aliphatic heterocycles. The van der Waals surface area contributed by atoms with E-state index in [1.807, 2.05) is 36.9 Å². The standard InChI is InChI=1S/C13H20N2OS/c1-10-11(6-5-7-12(10)14)13(16)15-8-3-4-9-17-2/h5-7H,3-4,8-9,14H2,1-2H3,(H,15,16). The zero-order chi connectivity index (χ0) is 12.7. The fourth-order valence-corrected chi connectivity index (χ4v) is 2.06. The predicted octanol–water partition coefficient (Wildman–Crippen LogP) is 2.45. The van der Waals surface area contributed by atoms with Gasteiger partial charge in [-0.2, -0.15) is 11.8 Å². The van der Waals surface area contributed by atoms with Gasteiger partial charge in [0, 0.05) is 17.8 Å². The number of nitrogens with two attached hydrogens (primary N) is 1. The third-order valence-electron chi connectivity index (χ3n) is 2.68. The molecule has 1 aromatic carbocycles. The van der Waals surface area contributed by atoms with Gasteiger partial charge in [-0.3, -0.25) is 4.79 Å². The lowest BCUT2D eigenvalue weighted by Crippen LogP contribution is -2.25. The molecule has 0 radical (unpaired) electrons. The molecule has 94 valence electrons. The van der Waals surface area contributed by atoms with Crippen molar-refractivity contribution < 1.29 is 4.79 Å². The first-order chi connectivity index (χ1) is 8.16. The summed E-state index contributed by atoms with van der Waals surface area (Å²) in [5.41, 5.74) is 7.97. The summed E-state index contributed by atoms with van der Waals surface area (Å²) < 4.78 is 0. The third-order valence-corrected chi connectivity index (χ3v) is 3.38. The van der Waals surface area contributed by atoms with Crippen LogP contribution in [0.5, 0.6) is 0 Å². The lowest BCUT2D eigenvalue weighted by atomic mass is 10.1. The molecule has 0 aliphatic rings. The van der Waals surface area contributed by atoms with Gasteiger partial charge in [0.2, 0.25) is 0 Å². The van der Waals surface area contributed by atoms with E-state index in [1.54, 1.807) is 0 Å². The van der Waals surface area contributed by atoms with Crippen molar-refractivity contribution in [3.63, 3.8) is 0 Å². The predicted molar refractivity (Wildman–Crippen MR) is 75.5 cm³/mol. The van der Waals surface area contributed by atoms with E-state index < -0.39 is 0 Å². The van der Waals surface area contributed by atoms with Gasteiger partial charge in [-0.05, 0) is 49.5 Å². The van der Waals surface area contributed by atoms with Crippen molar-refractivity contribution in [3.8, 4) is 0 Å². The lowest BCUT2D eigenvalue weighted by Gasteiger charge is -2.09. The van der Waals surface area contributed by atoms with Crippen molar-refractivity contribution in [2.75, 3.05) is 24.3 Å². The first-order valence-corrected chi connectivity index (χ1v) is 7.18. The lowest BCUT2D eigenvalue weighted by molar-refractivity contribution is 0.0952. The molecule has 4 heteroatoms. The quantitative estimate of drug-likeness (QED) is 0.604. The Labute approximate surface area is 107 Å². The molecule has 3 N–H and O–H groups in total. The molecule has 0 unspecified atom stereocenters. The summed E-state index contributed by atoms with van der Waals surface area (Å²) >= 11 is 1.83. The van der Waals surface area contributed by atoms with Crippen molar-refractivity contribution in [1.29, 1.82) is 0 Å². The normalized spacial score (nSPS) is 10.2. The van der Waals surface area contributed by atoms with Crippen LogP contribution in [0.25, 0.3) is 0 Å². The highest BCUT2D eigenvalue weighted by Gasteiger charge is 2.09. The van der Waals surface area contributed by atoms with Crippen LogP contribution >= 0.6 is 11.8 Å². The molecule has 0 heterocycles. The molecule has 0 aliphatic carbocycles. The molecular formula is C13H20N2OS. The number of rotatable bonds is 6. The number of nitrogens with one attached hydrogen (secondary N) is 1. The van der Waals surface area contributed by atoms with Crippen molar-refractivity contribution in [2.24, 2.45) is 0 Å². The SMILES string of the molecule is CSCCCCNC(=O)c1cccc(N)c1C. The fraction of sp³-hybridized carbons (Fsp3) is 0.462. The van der Waals surface area contributed by atoms with Crippen LogP contribution in [0, 0.1) is 6.92 Å². The van der Waals surface area contributed by atoms with Gasteiger partial charge in [0.25, 0.3) is 5.91 Å². The van der Waals surface area contributed by atoms with Crippen LogP contribution in [0.1, 0.15) is 28.8 Å². The molecule has 1 rings (SSSR count). The molecule has 0 spiro atoms. The molecule has 0 bridgehead atoms. The Hall–Kier alpha value is -1.16. The van der Waals surface area contributed by atoms with E-state index in [0.717, 1.165) is 30.7 Å². The number of hydrogen-bond donors (Lipinski definition) is 2. The van der Waals surface area contributed by atoms with Gasteiger partial charge in [-0.1, -0.05) is 6.07 Å². The first-order valence-electron chi connectivity index (χ1n) is 5.79. The molecule has 1 aromatic rings. The first kappa shape index (κ1) is 13.9. The van der Waals surface area contributed by atoms with Crippen LogP contribution in [-0.2, 0) is 0 Å². The van der Waals surface area contributed by atoms with Gasteiger partial charge in [0.1, 0.15) is 0 Å². The van der Waals surface area contributed by atoms with Crippen molar-refractivity contribution in [1.82, 2.24) is 5.32 Å². The zero-order valence-electron chi connectivity index (χ0n) is 10.5. The van der Waals surface area contributed by atoms with E-state index >= 15 is 0 Å². The van der Waals surface area contributed by atoms with Crippen LogP contribution in [0.3, 0.4) is 0 Å². The summed E-state index contributed by atoms with van der Waals surface area (Å²) in [7, 11) is 0. The maximum absolute atomic E-state index is 11.9. The third kappa shape index (κ3) is 4.30. The summed E-state index contributed by atoms with van der Waals surface area (Å²) in [5, 5.41) is 2.92. The van der Waals surface area contributed by atoms with E-state index in [4.69, 9.17) is 5.73 Å². The molecule has 1 amide bonds. The Bertz CT molecular complexity index is 380. The monoisotopic (exact) mass is 252 g/mol. The van der Waals surface area contributed by atoms with E-state index in [1.165, 1.54) is 0 Å². The number of carbonyl (C=O) groups excluding carboxylic acids is 1. The average Bonchev–Trinajstić information content (AvgIpc) is 2.32. The van der Waals surface area contributed by atoms with Gasteiger partial charge in [-0.15, -0.1) is 0 Å². The highest BCUT2D eigenvalue weighted by Crippen LogP contribution is 2.15. The van der Waals surface area contributed by atoms with E-state index in [0.29, 0.717) is 11.3 Å². The number of thioether (sulfide) groups is 1. The molecule has 0 fully saturated rings. The van der Waals surface area contributed by atoms with Crippen LogP contribution in [0.4, 0.5) is 5.69 Å². The molecule has 0 saturated carbocycles. The Balaban J connectivity index is 2.44. The highest BCUT2D eigenvalue weighted by atomic mass is 32.2. The van der Waals surface area contributed by atoms with Crippen molar-refractivity contribution in [3.05, 3.63) is 29.3 Å². The van der Waals surface area contributed by atoms with Crippen LogP contribution in [0.2, 0.25) is 0 Å². The van der Waals surface area contributed by atoms with Gasteiger partial charge >= 0.3 is 0 Å². The Morgan fingerprint density at radius 3 is 2.88 bits per heavy atom. The maximum atomic E-state index is 11.9. The van der Waals surface area contributed by atoms with Crippen LogP contribution < -0.4 is 11.1 Å². The molecule has 0 aromatic heterocycles. The Morgan fingerprint density at radius 1 is 1.41 bits per heavy atom. The van der Waals surface area contributed by atoms with Crippen molar-refractivity contribution >= 4 is 23.4 Å². The van der Waals surface area contributed by atoms with E-state index in [-0.39, 0.29) is 5.91 Å². The second-order valence-electron chi connectivity index (χ2n) is 3.98. The molecule has 17 heavy (non-hydrogen) atoms. The number of amides is 1. The fourth-order valence-electron chi connectivity index (χ4n) is 1.57. The summed E-state index contributed by atoms with van der Waals surface area (Å²) in [5.74, 6) is 1.12. The zero-order valence-corrected chi connectivity index (χ0v) is 11.3. The summed E-state index contributed by atoms with van der Waals surface area (Å²) in [6.07, 6.45) is 4.25. The number of nitrogen functional groups attached to an aromatic ring is 1. The number of hydrogen-bond acceptors (Lipinski definition) is 3. The number of benzene rings is 1. The number of anilines is 1. The largest absolute Gasteiger partial charge is 0.398 e. The molecule has 0 saturated heterocycles. The smallest absolute Gasteiger partial charge is 0.251 e. The minimum atomic E-state index is -0.0287. The highest BCUT2D eigenvalue weighted by molar-refractivity contribution is 7.98. The van der Waals surface area contributed by atoms with Crippen LogP contribution in [0.15, 0.2) is 18.2 Å². The van der Waals surface area contributed by atoms with Crippen molar-refractivity contribution in [2.45, 2.75) is 19.8 Å². The second-order valence-corrected chi connectivity index (χ2v) is 4.96. The molecule has 3 nitrogen and oxygen atoms in total. The average molecular weight is 252 g/mol. The topological polar surface area (TPSA) is 55.1 Å². The van der Waals surface area contributed by atoms with Gasteiger partial charge in [0.05, 0.1) is 0 Å². The summed E-state index contributed by atoms with van der Waals surface area (Å²) in [4.78, 5) is 11.9. The molecular weight excluding hydrogens is 232 g/mol. The summed E-state index contributed by atoms with van der Waals surface area (Å²) in [6.45, 7) is 2.60. The van der Waals surface area contributed by atoms with Gasteiger partial charge < -0.3 is 11.1 Å². The Morgan fingerprint density at radius 2 is 2.18 bits per heavy atom. The Kier molecular flexibility index (Phi) is 5.91. The van der Waals surface area contributed by atoms with E-state index in [9.17, 15) is 4.79 Å². The maximum Gasteiger partial charge on any atom is 0.251 e. The number of unbranched alkanes of at least 4 members (excludes halogenated alkanes) is 1. The number of carbonyl (C=O) groups is 1. The van der Waals surface area contributed by atoms with Crippen LogP contribution in [-0.4, -0.2) is 24.5 Å². The second kappa shape index (κ2) is 7.22. The minimum absolute atomic E-state index is 0.0287. The minimum Gasteiger partial charge on any atom is -0.398 e. The van der Waals surface area contributed by atoms with Gasteiger partial charge in [-0.25, -0.2) is 0 Å².